The average Bonchev–Trinajstić information content (AvgIpc) is 3.00. The van der Waals surface area contributed by atoms with E-state index in [0.717, 1.165) is 11.4 Å². The van der Waals surface area contributed by atoms with Crippen molar-refractivity contribution in [2.24, 2.45) is 0 Å². The molecule has 0 amide bonds. The number of anilines is 5. The highest BCUT2D eigenvalue weighted by Crippen LogP contribution is 2.27. The van der Waals surface area contributed by atoms with E-state index in [0.29, 0.717) is 55.8 Å². The number of nitrogens with zero attached hydrogens (tertiary/aromatic N) is 8. The van der Waals surface area contributed by atoms with Gasteiger partial charge < -0.3 is 16.4 Å². The van der Waals surface area contributed by atoms with Gasteiger partial charge in [0.25, 0.3) is 0 Å². The lowest BCUT2D eigenvalue weighted by Crippen LogP contribution is -2.02. The fourth-order valence-corrected chi connectivity index (χ4v) is 4.29. The minimum atomic E-state index is 0.264. The van der Waals surface area contributed by atoms with Crippen LogP contribution in [-0.4, -0.2) is 29.9 Å². The Bertz CT molecular complexity index is 1860. The van der Waals surface area contributed by atoms with E-state index in [4.69, 9.17) is 51.1 Å². The summed E-state index contributed by atoms with van der Waals surface area (Å²) in [6.45, 7) is 0. The Hall–Kier alpha value is -5.33. The summed E-state index contributed by atoms with van der Waals surface area (Å²) in [4.78, 5) is 24.9. The predicted molar refractivity (Wildman–Crippen MR) is 163 cm³/mol. The van der Waals surface area contributed by atoms with Gasteiger partial charge in [0.15, 0.2) is 10.3 Å². The molecule has 4 aromatic heterocycles. The Balaban J connectivity index is 0.000000168. The number of fused-ring (bicyclic) bond motifs is 2. The van der Waals surface area contributed by atoms with Crippen molar-refractivity contribution in [2.45, 2.75) is 0 Å². The Morgan fingerprint density at radius 2 is 1.02 bits per heavy atom. The maximum Gasteiger partial charge on any atom is 0.229 e. The van der Waals surface area contributed by atoms with E-state index in [1.807, 2.05) is 0 Å². The summed E-state index contributed by atoms with van der Waals surface area (Å²) in [6.07, 6.45) is 3.10. The van der Waals surface area contributed by atoms with Gasteiger partial charge in [0.2, 0.25) is 11.9 Å². The lowest BCUT2D eigenvalue weighted by atomic mass is 10.2. The molecule has 11 nitrogen and oxygen atoms in total. The van der Waals surface area contributed by atoms with Gasteiger partial charge in [-0.15, -0.1) is 0 Å². The number of nitrogens with one attached hydrogen (secondary N) is 2. The van der Waals surface area contributed by atoms with E-state index in [2.05, 4.69) is 52.7 Å². The first-order valence-corrected chi connectivity index (χ1v) is 13.1. The summed E-state index contributed by atoms with van der Waals surface area (Å²) in [6, 6.07) is 21.3. The first kappa shape index (κ1) is 28.2. The molecule has 14 heteroatoms. The van der Waals surface area contributed by atoms with Crippen molar-refractivity contribution in [1.29, 1.82) is 10.5 Å². The second-order valence-corrected chi connectivity index (χ2v) is 9.47. The molecule has 4 heterocycles. The second kappa shape index (κ2) is 12.5. The predicted octanol–water partition coefficient (Wildman–Crippen LogP) is 6.82. The van der Waals surface area contributed by atoms with E-state index in [9.17, 15) is 0 Å². The highest BCUT2D eigenvalue weighted by Gasteiger charge is 2.11. The Morgan fingerprint density at radius 3 is 1.52 bits per heavy atom. The third-order valence-electron chi connectivity index (χ3n) is 5.66. The molecular weight excluding hydrogens is 597 g/mol. The molecule has 0 bridgehead atoms. The fourth-order valence-electron chi connectivity index (χ4n) is 3.66. The molecule has 6 aromatic rings. The van der Waals surface area contributed by atoms with Crippen LogP contribution in [0.1, 0.15) is 11.1 Å². The molecule has 6 rings (SSSR count). The van der Waals surface area contributed by atoms with E-state index >= 15 is 0 Å². The van der Waals surface area contributed by atoms with Crippen LogP contribution < -0.4 is 16.4 Å². The zero-order valence-corrected chi connectivity index (χ0v) is 23.5. The highest BCUT2D eigenvalue weighted by atomic mass is 35.5. The third kappa shape index (κ3) is 6.35. The van der Waals surface area contributed by atoms with E-state index < -0.39 is 0 Å². The maximum absolute atomic E-state index is 8.77. The minimum absolute atomic E-state index is 0.264. The zero-order valence-electron chi connectivity index (χ0n) is 21.2. The minimum Gasteiger partial charge on any atom is -0.383 e. The van der Waals surface area contributed by atoms with Crippen molar-refractivity contribution in [3.8, 4) is 12.1 Å². The quantitative estimate of drug-likeness (QED) is 0.141. The number of aromatic nitrogens is 6. The van der Waals surface area contributed by atoms with Gasteiger partial charge in [-0.05, 0) is 60.7 Å². The third-order valence-corrected chi connectivity index (χ3v) is 6.50. The highest BCUT2D eigenvalue weighted by molar-refractivity contribution is 6.37. The molecule has 0 aliphatic carbocycles. The molecule has 0 unspecified atom stereocenters. The summed E-state index contributed by atoms with van der Waals surface area (Å²) < 4.78 is 0. The molecule has 0 saturated carbocycles. The SMILES string of the molecule is N#Cc1ccc(Nc2nc(Cl)c3ccnc(Cl)c3n2)cc1.N#Cc1ccc(Nc2nc(N)c3ccnc(Cl)c3n2)cc1. The molecular formula is C28H16Cl3N11. The average molecular weight is 613 g/mol. The van der Waals surface area contributed by atoms with Crippen molar-refractivity contribution in [3.63, 3.8) is 0 Å². The standard InChI is InChI=1S/C14H7Cl2N5.C14H9ClN6/c15-12-10-5-6-18-13(16)11(10)20-14(21-12)19-9-3-1-8(7-17)2-4-9;15-12-11-10(5-6-18-12)13(17)21-14(20-11)19-9-3-1-8(7-16)2-4-9/h1-6H,(H,19,20,21);1-6H,(H3,17,19,20,21). The topological polar surface area (TPSA) is 175 Å². The Morgan fingerprint density at radius 1 is 0.571 bits per heavy atom. The van der Waals surface area contributed by atoms with Crippen LogP contribution in [0.3, 0.4) is 0 Å². The molecule has 0 spiro atoms. The number of pyridine rings is 2. The fraction of sp³-hybridized carbons (Fsp3) is 0. The summed E-state index contributed by atoms with van der Waals surface area (Å²) in [5.41, 5.74) is 9.51. The molecule has 0 aliphatic heterocycles. The normalized spacial score (nSPS) is 10.3. The number of rotatable bonds is 4. The monoisotopic (exact) mass is 611 g/mol. The van der Waals surface area contributed by atoms with E-state index in [1.54, 1.807) is 73.1 Å². The van der Waals surface area contributed by atoms with Crippen LogP contribution in [0.2, 0.25) is 15.5 Å². The van der Waals surface area contributed by atoms with Crippen LogP contribution in [-0.2, 0) is 0 Å². The molecule has 204 valence electrons. The van der Waals surface area contributed by atoms with Crippen LogP contribution in [0.5, 0.6) is 0 Å². The van der Waals surface area contributed by atoms with E-state index in [1.165, 1.54) is 0 Å². The summed E-state index contributed by atoms with van der Waals surface area (Å²) in [7, 11) is 0. The van der Waals surface area contributed by atoms with Crippen LogP contribution in [0.4, 0.5) is 29.1 Å². The summed E-state index contributed by atoms with van der Waals surface area (Å²) in [5.74, 6) is 0.951. The van der Waals surface area contributed by atoms with Crippen LogP contribution >= 0.6 is 34.8 Å². The summed E-state index contributed by atoms with van der Waals surface area (Å²) >= 11 is 18.2. The molecule has 42 heavy (non-hydrogen) atoms. The number of hydrogen-bond acceptors (Lipinski definition) is 11. The molecule has 0 aliphatic rings. The number of hydrogen-bond donors (Lipinski definition) is 3. The van der Waals surface area contributed by atoms with Gasteiger partial charge in [-0.2, -0.15) is 15.5 Å². The van der Waals surface area contributed by atoms with Crippen LogP contribution in [0.25, 0.3) is 21.8 Å². The first-order chi connectivity index (χ1) is 20.3. The van der Waals surface area contributed by atoms with Crippen LogP contribution in [0.15, 0.2) is 73.1 Å². The summed E-state index contributed by atoms with van der Waals surface area (Å²) in [5, 5.41) is 25.7. The maximum atomic E-state index is 8.77. The molecule has 0 saturated heterocycles. The number of nitriles is 2. The number of nitrogen functional groups attached to an aromatic ring is 1. The van der Waals surface area contributed by atoms with E-state index in [-0.39, 0.29) is 10.3 Å². The lowest BCUT2D eigenvalue weighted by Gasteiger charge is -2.08. The number of halogens is 3. The Labute approximate surface area is 253 Å². The Kier molecular flexibility index (Phi) is 8.37. The molecule has 0 atom stereocenters. The number of nitrogens with two attached hydrogens (primary N) is 1. The molecule has 2 aromatic carbocycles. The second-order valence-electron chi connectivity index (χ2n) is 8.39. The van der Waals surface area contributed by atoms with Gasteiger partial charge in [0.1, 0.15) is 22.0 Å². The molecule has 4 N–H and O–H groups in total. The van der Waals surface area contributed by atoms with Crippen molar-refractivity contribution < 1.29 is 0 Å². The van der Waals surface area contributed by atoms with Gasteiger partial charge in [0.05, 0.1) is 23.3 Å². The molecule has 0 fully saturated rings. The van der Waals surface area contributed by atoms with Gasteiger partial charge in [-0.1, -0.05) is 34.8 Å². The van der Waals surface area contributed by atoms with Crippen molar-refractivity contribution in [2.75, 3.05) is 16.4 Å². The smallest absolute Gasteiger partial charge is 0.229 e. The largest absolute Gasteiger partial charge is 0.383 e. The van der Waals surface area contributed by atoms with Gasteiger partial charge in [0, 0.05) is 34.5 Å². The van der Waals surface area contributed by atoms with Crippen molar-refractivity contribution in [1.82, 2.24) is 29.9 Å². The van der Waals surface area contributed by atoms with Gasteiger partial charge >= 0.3 is 0 Å². The van der Waals surface area contributed by atoms with Crippen LogP contribution in [0, 0.1) is 22.7 Å². The van der Waals surface area contributed by atoms with Crippen molar-refractivity contribution in [3.05, 3.63) is 99.6 Å². The first-order valence-electron chi connectivity index (χ1n) is 11.9. The molecule has 0 radical (unpaired) electrons. The van der Waals surface area contributed by atoms with Gasteiger partial charge in [-0.25, -0.2) is 24.9 Å². The van der Waals surface area contributed by atoms with Gasteiger partial charge in [-0.3, -0.25) is 0 Å². The number of benzene rings is 2. The van der Waals surface area contributed by atoms with Crippen molar-refractivity contribution >= 4 is 85.7 Å². The zero-order chi connectivity index (χ0) is 29.6. The lowest BCUT2D eigenvalue weighted by molar-refractivity contribution is 1.20.